The van der Waals surface area contributed by atoms with Gasteiger partial charge in [0.1, 0.15) is 0 Å². The van der Waals surface area contributed by atoms with Crippen molar-refractivity contribution in [1.82, 2.24) is 9.80 Å². The lowest BCUT2D eigenvalue weighted by molar-refractivity contribution is -0.137. The van der Waals surface area contributed by atoms with Gasteiger partial charge in [0, 0.05) is 37.3 Å². The maximum Gasteiger partial charge on any atom is 0.416 e. The second kappa shape index (κ2) is 7.54. The van der Waals surface area contributed by atoms with E-state index in [0.29, 0.717) is 31.7 Å². The number of amides is 2. The van der Waals surface area contributed by atoms with E-state index in [1.165, 1.54) is 28.2 Å². The molecule has 2 amide bonds. The van der Waals surface area contributed by atoms with Crippen LogP contribution in [0.1, 0.15) is 43.8 Å². The molecular formula is C22H21F3N2O2. The number of rotatable bonds is 2. The van der Waals surface area contributed by atoms with Gasteiger partial charge in [0.2, 0.25) is 0 Å². The monoisotopic (exact) mass is 402 g/mol. The third kappa shape index (κ3) is 3.99. The van der Waals surface area contributed by atoms with E-state index in [2.05, 4.69) is 0 Å². The molecule has 0 N–H and O–H groups in total. The van der Waals surface area contributed by atoms with E-state index in [9.17, 15) is 22.8 Å². The van der Waals surface area contributed by atoms with Crippen LogP contribution < -0.4 is 0 Å². The highest BCUT2D eigenvalue weighted by Crippen LogP contribution is 2.30. The van der Waals surface area contributed by atoms with Gasteiger partial charge in [-0.05, 0) is 60.7 Å². The number of nitrogens with zero attached hydrogens (tertiary/aromatic N) is 2. The summed E-state index contributed by atoms with van der Waals surface area (Å²) in [5.41, 5.74) is 2.36. The molecule has 0 atom stereocenters. The van der Waals surface area contributed by atoms with Crippen LogP contribution in [0.2, 0.25) is 0 Å². The fraction of sp³-hybridized carbons (Fsp3) is 0.364. The average molecular weight is 402 g/mol. The Bertz CT molecular complexity index is 947. The van der Waals surface area contributed by atoms with E-state index in [1.54, 1.807) is 4.90 Å². The van der Waals surface area contributed by atoms with E-state index in [4.69, 9.17) is 0 Å². The number of benzene rings is 2. The highest BCUT2D eigenvalue weighted by atomic mass is 19.4. The van der Waals surface area contributed by atoms with Crippen molar-refractivity contribution >= 4 is 11.8 Å². The van der Waals surface area contributed by atoms with Crippen LogP contribution in [0.25, 0.3) is 0 Å². The molecule has 1 aliphatic heterocycles. The third-order valence-corrected chi connectivity index (χ3v) is 5.64. The molecule has 4 nitrogen and oxygen atoms in total. The lowest BCUT2D eigenvalue weighted by Gasteiger charge is -2.35. The highest BCUT2D eigenvalue weighted by molar-refractivity contribution is 5.96. The van der Waals surface area contributed by atoms with Crippen molar-refractivity contribution < 1.29 is 22.8 Å². The van der Waals surface area contributed by atoms with Gasteiger partial charge in [-0.15, -0.1) is 0 Å². The number of alkyl halides is 3. The van der Waals surface area contributed by atoms with Gasteiger partial charge in [-0.2, -0.15) is 13.2 Å². The molecule has 7 heteroatoms. The topological polar surface area (TPSA) is 40.6 Å². The lowest BCUT2D eigenvalue weighted by atomic mass is 10.1. The standard InChI is InChI=1S/C22H21F3N2O2/c23-22(24,25)19-6-2-5-17(14-19)20(28)26-9-11-27(12-10-26)21(29)18-8-7-15-3-1-4-16(15)13-18/h2,5-8,13-14H,1,3-4,9-12H2. The van der Waals surface area contributed by atoms with Crippen LogP contribution in [0.3, 0.4) is 0 Å². The summed E-state index contributed by atoms with van der Waals surface area (Å²) < 4.78 is 38.7. The summed E-state index contributed by atoms with van der Waals surface area (Å²) in [7, 11) is 0. The Morgan fingerprint density at radius 1 is 0.759 bits per heavy atom. The van der Waals surface area contributed by atoms with Crippen molar-refractivity contribution in [3.05, 3.63) is 70.3 Å². The van der Waals surface area contributed by atoms with Crippen LogP contribution in [-0.4, -0.2) is 47.8 Å². The van der Waals surface area contributed by atoms with Gasteiger partial charge in [-0.25, -0.2) is 0 Å². The fourth-order valence-corrected chi connectivity index (χ4v) is 4.01. The van der Waals surface area contributed by atoms with Gasteiger partial charge < -0.3 is 9.80 Å². The number of hydrogen-bond acceptors (Lipinski definition) is 2. The van der Waals surface area contributed by atoms with E-state index in [-0.39, 0.29) is 11.5 Å². The van der Waals surface area contributed by atoms with Crippen molar-refractivity contribution in [2.24, 2.45) is 0 Å². The fourth-order valence-electron chi connectivity index (χ4n) is 4.01. The largest absolute Gasteiger partial charge is 0.416 e. The first-order valence-electron chi connectivity index (χ1n) is 9.70. The first kappa shape index (κ1) is 19.5. The Hall–Kier alpha value is -2.83. The molecule has 4 rings (SSSR count). The quantitative estimate of drug-likeness (QED) is 0.767. The predicted molar refractivity (Wildman–Crippen MR) is 102 cm³/mol. The average Bonchev–Trinajstić information content (AvgIpc) is 3.20. The molecule has 1 heterocycles. The highest BCUT2D eigenvalue weighted by Gasteiger charge is 2.32. The molecule has 0 aromatic heterocycles. The maximum absolute atomic E-state index is 12.9. The van der Waals surface area contributed by atoms with Crippen LogP contribution in [0.5, 0.6) is 0 Å². The SMILES string of the molecule is O=C(c1cccc(C(F)(F)F)c1)N1CCN(C(=O)c2ccc3c(c2)CCC3)CC1. The van der Waals surface area contributed by atoms with E-state index in [0.717, 1.165) is 31.4 Å². The summed E-state index contributed by atoms with van der Waals surface area (Å²) in [6.45, 7) is 1.32. The zero-order valence-corrected chi connectivity index (χ0v) is 15.8. The van der Waals surface area contributed by atoms with Crippen LogP contribution in [-0.2, 0) is 19.0 Å². The number of carbonyl (C=O) groups is 2. The molecule has 29 heavy (non-hydrogen) atoms. The summed E-state index contributed by atoms with van der Waals surface area (Å²) in [5.74, 6) is -0.508. The molecule has 1 aliphatic carbocycles. The molecule has 1 saturated heterocycles. The van der Waals surface area contributed by atoms with Crippen molar-refractivity contribution in [2.45, 2.75) is 25.4 Å². The minimum atomic E-state index is -4.49. The molecule has 152 valence electrons. The van der Waals surface area contributed by atoms with E-state index in [1.807, 2.05) is 18.2 Å². The predicted octanol–water partition coefficient (Wildman–Crippen LogP) is 3.79. The van der Waals surface area contributed by atoms with Gasteiger partial charge in [-0.3, -0.25) is 9.59 Å². The Kier molecular flexibility index (Phi) is 5.06. The summed E-state index contributed by atoms with van der Waals surface area (Å²) in [6.07, 6.45) is -1.32. The molecule has 0 radical (unpaired) electrons. The van der Waals surface area contributed by atoms with Crippen LogP contribution >= 0.6 is 0 Å². The molecule has 0 bridgehead atoms. The number of halogens is 3. The summed E-state index contributed by atoms with van der Waals surface area (Å²) >= 11 is 0. The Morgan fingerprint density at radius 2 is 1.34 bits per heavy atom. The first-order valence-corrected chi connectivity index (χ1v) is 9.70. The molecular weight excluding hydrogens is 381 g/mol. The van der Waals surface area contributed by atoms with Crippen molar-refractivity contribution in [3.8, 4) is 0 Å². The molecule has 0 spiro atoms. The van der Waals surface area contributed by atoms with Gasteiger partial charge in [0.15, 0.2) is 0 Å². The normalized spacial score (nSPS) is 16.7. The van der Waals surface area contributed by atoms with Gasteiger partial charge in [0.05, 0.1) is 5.56 Å². The van der Waals surface area contributed by atoms with Crippen molar-refractivity contribution in [3.63, 3.8) is 0 Å². The number of hydrogen-bond donors (Lipinski definition) is 0. The molecule has 2 aromatic carbocycles. The minimum Gasteiger partial charge on any atom is -0.335 e. The van der Waals surface area contributed by atoms with Gasteiger partial charge >= 0.3 is 6.18 Å². The lowest BCUT2D eigenvalue weighted by Crippen LogP contribution is -2.50. The molecule has 2 aromatic rings. The number of aryl methyl sites for hydroxylation is 2. The van der Waals surface area contributed by atoms with Gasteiger partial charge in [0.25, 0.3) is 11.8 Å². The van der Waals surface area contributed by atoms with Crippen LogP contribution in [0.15, 0.2) is 42.5 Å². The third-order valence-electron chi connectivity index (χ3n) is 5.64. The molecule has 2 aliphatic rings. The zero-order chi connectivity index (χ0) is 20.6. The Balaban J connectivity index is 1.40. The molecule has 0 unspecified atom stereocenters. The van der Waals surface area contributed by atoms with Crippen LogP contribution in [0, 0.1) is 0 Å². The summed E-state index contributed by atoms with van der Waals surface area (Å²) in [4.78, 5) is 28.6. The molecule has 0 saturated carbocycles. The Morgan fingerprint density at radius 3 is 1.97 bits per heavy atom. The smallest absolute Gasteiger partial charge is 0.335 e. The van der Waals surface area contributed by atoms with E-state index >= 15 is 0 Å². The first-order chi connectivity index (χ1) is 13.8. The second-order valence-electron chi connectivity index (χ2n) is 7.50. The van der Waals surface area contributed by atoms with Crippen molar-refractivity contribution in [2.75, 3.05) is 26.2 Å². The number of carbonyl (C=O) groups excluding carboxylic acids is 2. The number of fused-ring (bicyclic) bond motifs is 1. The molecule has 1 fully saturated rings. The van der Waals surface area contributed by atoms with Crippen LogP contribution in [0.4, 0.5) is 13.2 Å². The van der Waals surface area contributed by atoms with E-state index < -0.39 is 17.6 Å². The second-order valence-corrected chi connectivity index (χ2v) is 7.50. The maximum atomic E-state index is 12.9. The minimum absolute atomic E-state index is 0.0122. The number of piperazine rings is 1. The summed E-state index contributed by atoms with van der Waals surface area (Å²) in [6, 6.07) is 10.3. The Labute approximate surface area is 166 Å². The van der Waals surface area contributed by atoms with Crippen molar-refractivity contribution in [1.29, 1.82) is 0 Å². The zero-order valence-electron chi connectivity index (χ0n) is 15.8. The summed E-state index contributed by atoms with van der Waals surface area (Å²) in [5, 5.41) is 0. The van der Waals surface area contributed by atoms with Gasteiger partial charge in [-0.1, -0.05) is 12.1 Å².